The van der Waals surface area contributed by atoms with Crippen molar-refractivity contribution in [3.63, 3.8) is 0 Å². The van der Waals surface area contributed by atoms with Gasteiger partial charge in [0.2, 0.25) is 0 Å². The number of rotatable bonds is 4. The van der Waals surface area contributed by atoms with E-state index in [0.29, 0.717) is 0 Å². The first-order valence-corrected chi connectivity index (χ1v) is 8.89. The van der Waals surface area contributed by atoms with E-state index in [0.717, 1.165) is 15.8 Å². The van der Waals surface area contributed by atoms with Crippen LogP contribution in [-0.2, 0) is 10.0 Å². The van der Waals surface area contributed by atoms with Crippen molar-refractivity contribution < 1.29 is 18.3 Å². The van der Waals surface area contributed by atoms with Crippen molar-refractivity contribution in [2.45, 2.75) is 11.8 Å². The smallest absolute Gasteiger partial charge is 0.335 e. The zero-order chi connectivity index (χ0) is 16.6. The number of carboxylic acid groups (broad SMARTS) is 1. The summed E-state index contributed by atoms with van der Waals surface area (Å²) in [5.41, 5.74) is 1.76. The number of anilines is 1. The topological polar surface area (TPSA) is 96.4 Å². The second-order valence-electron chi connectivity index (χ2n) is 4.88. The van der Waals surface area contributed by atoms with Crippen LogP contribution in [0.1, 0.15) is 15.9 Å². The van der Waals surface area contributed by atoms with Gasteiger partial charge < -0.3 is 5.11 Å². The molecule has 2 aromatic carbocycles. The van der Waals surface area contributed by atoms with E-state index in [9.17, 15) is 13.2 Å². The average molecular weight is 348 g/mol. The molecular weight excluding hydrogens is 336 g/mol. The van der Waals surface area contributed by atoms with E-state index >= 15 is 0 Å². The molecule has 0 fully saturated rings. The van der Waals surface area contributed by atoms with Gasteiger partial charge in [0.05, 0.1) is 20.7 Å². The SMILES string of the molecule is Cc1cccc2sc(NS(=O)(=O)c3ccc(C(=O)O)cc3)nc12. The predicted molar refractivity (Wildman–Crippen MR) is 88.6 cm³/mol. The highest BCUT2D eigenvalue weighted by Gasteiger charge is 2.17. The van der Waals surface area contributed by atoms with Crippen molar-refractivity contribution in [2.75, 3.05) is 4.72 Å². The number of para-hydroxylation sites is 1. The Morgan fingerprint density at radius 3 is 2.48 bits per heavy atom. The number of benzene rings is 2. The lowest BCUT2D eigenvalue weighted by Gasteiger charge is -2.05. The van der Waals surface area contributed by atoms with Crippen LogP contribution in [0.3, 0.4) is 0 Å². The maximum atomic E-state index is 12.4. The lowest BCUT2D eigenvalue weighted by molar-refractivity contribution is 0.0696. The van der Waals surface area contributed by atoms with Gasteiger partial charge in [-0.1, -0.05) is 23.5 Å². The second-order valence-corrected chi connectivity index (χ2v) is 7.59. The molecule has 0 aliphatic rings. The summed E-state index contributed by atoms with van der Waals surface area (Å²) in [6.45, 7) is 1.91. The molecule has 8 heteroatoms. The Morgan fingerprint density at radius 1 is 1.17 bits per heavy atom. The number of aromatic nitrogens is 1. The minimum absolute atomic E-state index is 0.0153. The highest BCUT2D eigenvalue weighted by Crippen LogP contribution is 2.29. The average Bonchev–Trinajstić information content (AvgIpc) is 2.90. The molecule has 0 unspecified atom stereocenters. The highest BCUT2D eigenvalue weighted by molar-refractivity contribution is 7.93. The van der Waals surface area contributed by atoms with E-state index in [4.69, 9.17) is 5.11 Å². The maximum Gasteiger partial charge on any atom is 0.335 e. The molecule has 0 amide bonds. The van der Waals surface area contributed by atoms with Crippen LogP contribution in [0.5, 0.6) is 0 Å². The van der Waals surface area contributed by atoms with E-state index in [1.807, 2.05) is 25.1 Å². The predicted octanol–water partition coefficient (Wildman–Crippen LogP) is 3.10. The van der Waals surface area contributed by atoms with Crippen molar-refractivity contribution in [3.8, 4) is 0 Å². The number of thiazole rings is 1. The molecule has 23 heavy (non-hydrogen) atoms. The summed E-state index contributed by atoms with van der Waals surface area (Å²) in [4.78, 5) is 15.1. The molecule has 0 saturated heterocycles. The Hall–Kier alpha value is -2.45. The van der Waals surface area contributed by atoms with Gasteiger partial charge in [0.15, 0.2) is 5.13 Å². The molecule has 0 atom stereocenters. The number of nitrogens with one attached hydrogen (secondary N) is 1. The molecule has 1 heterocycles. The highest BCUT2D eigenvalue weighted by atomic mass is 32.2. The van der Waals surface area contributed by atoms with E-state index in [1.165, 1.54) is 35.6 Å². The number of aryl methyl sites for hydroxylation is 1. The van der Waals surface area contributed by atoms with Crippen molar-refractivity contribution in [2.24, 2.45) is 0 Å². The van der Waals surface area contributed by atoms with Crippen molar-refractivity contribution in [3.05, 3.63) is 53.6 Å². The Morgan fingerprint density at radius 2 is 1.87 bits per heavy atom. The summed E-state index contributed by atoms with van der Waals surface area (Å²) in [5, 5.41) is 9.12. The summed E-state index contributed by atoms with van der Waals surface area (Å²) < 4.78 is 28.0. The third kappa shape index (κ3) is 3.03. The standard InChI is InChI=1S/C15H12N2O4S2/c1-9-3-2-4-12-13(9)16-15(22-12)17-23(20,21)11-7-5-10(6-8-11)14(18)19/h2-8H,1H3,(H,16,17)(H,18,19). The first-order chi connectivity index (χ1) is 10.9. The van der Waals surface area contributed by atoms with Gasteiger partial charge in [-0.05, 0) is 42.8 Å². The first kappa shape index (κ1) is 15.4. The van der Waals surface area contributed by atoms with Crippen molar-refractivity contribution in [1.29, 1.82) is 0 Å². The van der Waals surface area contributed by atoms with Crippen LogP contribution in [0.2, 0.25) is 0 Å². The number of nitrogens with zero attached hydrogens (tertiary/aromatic N) is 1. The molecule has 0 aliphatic carbocycles. The molecule has 3 aromatic rings. The van der Waals surface area contributed by atoms with Crippen LogP contribution in [0.25, 0.3) is 10.2 Å². The van der Waals surface area contributed by atoms with Crippen LogP contribution in [-0.4, -0.2) is 24.5 Å². The summed E-state index contributed by atoms with van der Waals surface area (Å²) >= 11 is 1.25. The Balaban J connectivity index is 1.93. The van der Waals surface area contributed by atoms with Gasteiger partial charge in [0.25, 0.3) is 10.0 Å². The normalized spacial score (nSPS) is 11.5. The molecule has 6 nitrogen and oxygen atoms in total. The van der Waals surface area contributed by atoms with Gasteiger partial charge in [0, 0.05) is 0 Å². The Bertz CT molecular complexity index is 992. The Kier molecular flexibility index (Phi) is 3.78. The molecule has 0 bridgehead atoms. The minimum Gasteiger partial charge on any atom is -0.478 e. The van der Waals surface area contributed by atoms with Crippen LogP contribution in [0.4, 0.5) is 5.13 Å². The third-order valence-electron chi connectivity index (χ3n) is 3.25. The van der Waals surface area contributed by atoms with Gasteiger partial charge in [-0.15, -0.1) is 0 Å². The first-order valence-electron chi connectivity index (χ1n) is 6.59. The minimum atomic E-state index is -3.81. The van der Waals surface area contributed by atoms with E-state index in [1.54, 1.807) is 0 Å². The lowest BCUT2D eigenvalue weighted by atomic mass is 10.2. The van der Waals surface area contributed by atoms with Crippen molar-refractivity contribution in [1.82, 2.24) is 4.98 Å². The molecule has 0 radical (unpaired) electrons. The number of carbonyl (C=O) groups is 1. The fourth-order valence-corrected chi connectivity index (χ4v) is 4.26. The second kappa shape index (κ2) is 5.64. The van der Waals surface area contributed by atoms with Gasteiger partial charge >= 0.3 is 5.97 Å². The van der Waals surface area contributed by atoms with Crippen LogP contribution in [0, 0.1) is 6.92 Å². The van der Waals surface area contributed by atoms with Crippen LogP contribution >= 0.6 is 11.3 Å². The largest absolute Gasteiger partial charge is 0.478 e. The molecule has 0 aliphatic heterocycles. The zero-order valence-electron chi connectivity index (χ0n) is 12.0. The van der Waals surface area contributed by atoms with E-state index < -0.39 is 16.0 Å². The molecule has 118 valence electrons. The van der Waals surface area contributed by atoms with Gasteiger partial charge in [-0.3, -0.25) is 4.72 Å². The van der Waals surface area contributed by atoms with Crippen molar-refractivity contribution >= 4 is 42.7 Å². The fourth-order valence-electron chi connectivity index (χ4n) is 2.08. The van der Waals surface area contributed by atoms with Crippen LogP contribution < -0.4 is 4.72 Å². The summed E-state index contributed by atoms with van der Waals surface area (Å²) in [5.74, 6) is -1.11. The molecular formula is C15H12N2O4S2. The fraction of sp³-hybridized carbons (Fsp3) is 0.0667. The van der Waals surface area contributed by atoms with E-state index in [2.05, 4.69) is 9.71 Å². The zero-order valence-corrected chi connectivity index (χ0v) is 13.6. The maximum absolute atomic E-state index is 12.4. The summed E-state index contributed by atoms with van der Waals surface area (Å²) in [6, 6.07) is 10.7. The number of carboxylic acids is 1. The molecule has 2 N–H and O–H groups in total. The monoisotopic (exact) mass is 348 g/mol. The third-order valence-corrected chi connectivity index (χ3v) is 5.67. The number of hydrogen-bond donors (Lipinski definition) is 2. The summed E-state index contributed by atoms with van der Waals surface area (Å²) in [6.07, 6.45) is 0. The number of aromatic carboxylic acids is 1. The number of sulfonamides is 1. The quantitative estimate of drug-likeness (QED) is 0.755. The van der Waals surface area contributed by atoms with Crippen LogP contribution in [0.15, 0.2) is 47.4 Å². The number of fused-ring (bicyclic) bond motifs is 1. The molecule has 0 saturated carbocycles. The lowest BCUT2D eigenvalue weighted by Crippen LogP contribution is -2.13. The van der Waals surface area contributed by atoms with Gasteiger partial charge in [-0.25, -0.2) is 18.2 Å². The van der Waals surface area contributed by atoms with Gasteiger partial charge in [-0.2, -0.15) is 0 Å². The van der Waals surface area contributed by atoms with E-state index in [-0.39, 0.29) is 15.6 Å². The summed E-state index contributed by atoms with van der Waals surface area (Å²) in [7, 11) is -3.81. The molecule has 1 aromatic heterocycles. The molecule has 0 spiro atoms. The molecule has 3 rings (SSSR count). The number of hydrogen-bond acceptors (Lipinski definition) is 5. The van der Waals surface area contributed by atoms with Gasteiger partial charge in [0.1, 0.15) is 0 Å². The Labute approximate surface area is 136 Å².